The molecule has 1 N–H and O–H groups in total. The zero-order valence-corrected chi connectivity index (χ0v) is 14.8. The highest BCUT2D eigenvalue weighted by molar-refractivity contribution is 5.78. The Morgan fingerprint density at radius 2 is 1.92 bits per heavy atom. The maximum absolute atomic E-state index is 13.7. The van der Waals surface area contributed by atoms with Crippen LogP contribution in [0.2, 0.25) is 0 Å². The highest BCUT2D eigenvalue weighted by Crippen LogP contribution is 2.19. The molecule has 2 rings (SSSR count). The normalized spacial score (nSPS) is 16.5. The fraction of sp³-hybridized carbons (Fsp3) is 0.632. The van der Waals surface area contributed by atoms with Crippen LogP contribution >= 0.6 is 0 Å². The summed E-state index contributed by atoms with van der Waals surface area (Å²) in [4.78, 5) is 14.1. The number of hydrogen-bond donors (Lipinski definition) is 1. The number of rotatable bonds is 6. The number of hydrogen-bond acceptors (Lipinski definition) is 3. The van der Waals surface area contributed by atoms with Gasteiger partial charge in [-0.05, 0) is 37.6 Å². The smallest absolute Gasteiger partial charge is 0.234 e. The van der Waals surface area contributed by atoms with Crippen molar-refractivity contribution in [3.05, 3.63) is 29.6 Å². The minimum absolute atomic E-state index is 0.0528. The number of benzene rings is 1. The summed E-state index contributed by atoms with van der Waals surface area (Å²) in [6.45, 7) is 0.850. The van der Waals surface area contributed by atoms with Crippen molar-refractivity contribution in [2.45, 2.75) is 57.5 Å². The Bertz CT molecular complexity index is 528. The molecule has 134 valence electrons. The van der Waals surface area contributed by atoms with Gasteiger partial charge in [-0.1, -0.05) is 38.2 Å². The van der Waals surface area contributed by atoms with Gasteiger partial charge in [-0.2, -0.15) is 0 Å². The van der Waals surface area contributed by atoms with Crippen molar-refractivity contribution in [3.63, 3.8) is 0 Å². The first-order chi connectivity index (χ1) is 11.6. The van der Waals surface area contributed by atoms with Gasteiger partial charge in [0.25, 0.3) is 0 Å². The zero-order valence-electron chi connectivity index (χ0n) is 14.8. The Kier molecular flexibility index (Phi) is 7.50. The summed E-state index contributed by atoms with van der Waals surface area (Å²) in [5.41, 5.74) is 0.828. The van der Waals surface area contributed by atoms with Gasteiger partial charge in [-0.25, -0.2) is 4.39 Å². The fourth-order valence-corrected chi connectivity index (χ4v) is 3.29. The van der Waals surface area contributed by atoms with Gasteiger partial charge >= 0.3 is 0 Å². The SMILES string of the molecule is COc1ccc(CN(C)CC(=O)NC2CCCCCCC2)cc1F. The van der Waals surface area contributed by atoms with Crippen molar-refractivity contribution in [1.29, 1.82) is 0 Å². The number of carbonyl (C=O) groups is 1. The third kappa shape index (κ3) is 6.11. The summed E-state index contributed by atoms with van der Waals surface area (Å²) in [6.07, 6.45) is 8.43. The van der Waals surface area contributed by atoms with Crippen LogP contribution in [0.3, 0.4) is 0 Å². The van der Waals surface area contributed by atoms with Crippen molar-refractivity contribution in [3.8, 4) is 5.75 Å². The number of carbonyl (C=O) groups excluding carboxylic acids is 1. The lowest BCUT2D eigenvalue weighted by atomic mass is 9.97. The van der Waals surface area contributed by atoms with E-state index in [9.17, 15) is 9.18 Å². The fourth-order valence-electron chi connectivity index (χ4n) is 3.29. The lowest BCUT2D eigenvalue weighted by molar-refractivity contribution is -0.122. The molecule has 24 heavy (non-hydrogen) atoms. The van der Waals surface area contributed by atoms with E-state index in [-0.39, 0.29) is 17.5 Å². The molecule has 0 radical (unpaired) electrons. The Labute approximate surface area is 144 Å². The molecule has 1 fully saturated rings. The van der Waals surface area contributed by atoms with Crippen molar-refractivity contribution in [2.24, 2.45) is 0 Å². The number of amides is 1. The van der Waals surface area contributed by atoms with Crippen molar-refractivity contribution in [2.75, 3.05) is 20.7 Å². The van der Waals surface area contributed by atoms with E-state index in [1.54, 1.807) is 6.07 Å². The third-order valence-electron chi connectivity index (χ3n) is 4.55. The molecule has 0 aliphatic heterocycles. The van der Waals surface area contributed by atoms with Gasteiger partial charge in [0.2, 0.25) is 5.91 Å². The van der Waals surface area contributed by atoms with Crippen molar-refractivity contribution < 1.29 is 13.9 Å². The number of methoxy groups -OCH3 is 1. The van der Waals surface area contributed by atoms with Gasteiger partial charge in [0.15, 0.2) is 11.6 Å². The van der Waals surface area contributed by atoms with Crippen LogP contribution in [0.4, 0.5) is 4.39 Å². The molecule has 1 aliphatic rings. The molecular weight excluding hydrogens is 307 g/mol. The Morgan fingerprint density at radius 1 is 1.25 bits per heavy atom. The van der Waals surface area contributed by atoms with Crippen molar-refractivity contribution >= 4 is 5.91 Å². The van der Waals surface area contributed by atoms with Crippen LogP contribution in [0.5, 0.6) is 5.75 Å². The summed E-state index contributed by atoms with van der Waals surface area (Å²) < 4.78 is 18.6. The summed E-state index contributed by atoms with van der Waals surface area (Å²) in [6, 6.07) is 5.21. The zero-order chi connectivity index (χ0) is 17.4. The van der Waals surface area contributed by atoms with Gasteiger partial charge in [0.05, 0.1) is 13.7 Å². The number of halogens is 1. The van der Waals surface area contributed by atoms with E-state index in [0.717, 1.165) is 18.4 Å². The molecule has 1 saturated carbocycles. The molecule has 5 heteroatoms. The van der Waals surface area contributed by atoms with E-state index < -0.39 is 0 Å². The third-order valence-corrected chi connectivity index (χ3v) is 4.55. The summed E-state index contributed by atoms with van der Waals surface area (Å²) >= 11 is 0. The second kappa shape index (κ2) is 9.62. The van der Waals surface area contributed by atoms with Crippen LogP contribution < -0.4 is 10.1 Å². The monoisotopic (exact) mass is 336 g/mol. The molecule has 0 spiro atoms. The Hall–Kier alpha value is -1.62. The van der Waals surface area contributed by atoms with Crippen LogP contribution in [0, 0.1) is 5.82 Å². The first kappa shape index (κ1) is 18.7. The van der Waals surface area contributed by atoms with E-state index in [4.69, 9.17) is 4.74 Å². The van der Waals surface area contributed by atoms with E-state index in [1.165, 1.54) is 45.3 Å². The Morgan fingerprint density at radius 3 is 2.54 bits per heavy atom. The predicted octanol–water partition coefficient (Wildman–Crippen LogP) is 3.50. The number of likely N-dealkylation sites (N-methyl/N-ethyl adjacent to an activating group) is 1. The number of nitrogens with zero attached hydrogens (tertiary/aromatic N) is 1. The predicted molar refractivity (Wildman–Crippen MR) is 93.5 cm³/mol. The van der Waals surface area contributed by atoms with Gasteiger partial charge < -0.3 is 10.1 Å². The number of ether oxygens (including phenoxy) is 1. The lowest BCUT2D eigenvalue weighted by Crippen LogP contribution is -2.41. The molecule has 0 aromatic heterocycles. The first-order valence-corrected chi connectivity index (χ1v) is 8.89. The van der Waals surface area contributed by atoms with E-state index in [2.05, 4.69) is 5.32 Å². The second-order valence-electron chi connectivity index (χ2n) is 6.75. The molecule has 1 aromatic rings. The molecule has 0 unspecified atom stereocenters. The molecule has 1 aromatic carbocycles. The molecule has 0 saturated heterocycles. The molecule has 1 amide bonds. The van der Waals surface area contributed by atoms with Crippen LogP contribution in [0.25, 0.3) is 0 Å². The average Bonchev–Trinajstić information content (AvgIpc) is 2.50. The van der Waals surface area contributed by atoms with Gasteiger partial charge in [0.1, 0.15) is 0 Å². The molecule has 1 aliphatic carbocycles. The Balaban J connectivity index is 1.79. The van der Waals surface area contributed by atoms with Gasteiger partial charge in [-0.15, -0.1) is 0 Å². The topological polar surface area (TPSA) is 41.6 Å². The highest BCUT2D eigenvalue weighted by atomic mass is 19.1. The average molecular weight is 336 g/mol. The second-order valence-corrected chi connectivity index (χ2v) is 6.75. The van der Waals surface area contributed by atoms with E-state index in [0.29, 0.717) is 19.1 Å². The summed E-state index contributed by atoms with van der Waals surface area (Å²) in [5.74, 6) is -0.0807. The lowest BCUT2D eigenvalue weighted by Gasteiger charge is -2.23. The quantitative estimate of drug-likeness (QED) is 0.864. The molecule has 0 heterocycles. The number of nitrogens with one attached hydrogen (secondary N) is 1. The standard InChI is InChI=1S/C19H29FN2O2/c1-22(13-15-10-11-18(24-2)17(20)12-15)14-19(23)21-16-8-6-4-3-5-7-9-16/h10-12,16H,3-9,13-14H2,1-2H3,(H,21,23). The first-order valence-electron chi connectivity index (χ1n) is 8.89. The summed E-state index contributed by atoms with van der Waals surface area (Å²) in [7, 11) is 3.32. The van der Waals surface area contributed by atoms with Crippen LogP contribution in [-0.2, 0) is 11.3 Å². The minimum Gasteiger partial charge on any atom is -0.494 e. The van der Waals surface area contributed by atoms with Crippen LogP contribution in [-0.4, -0.2) is 37.6 Å². The van der Waals surface area contributed by atoms with Crippen LogP contribution in [0.1, 0.15) is 50.5 Å². The molecule has 0 atom stereocenters. The maximum Gasteiger partial charge on any atom is 0.234 e. The largest absolute Gasteiger partial charge is 0.494 e. The van der Waals surface area contributed by atoms with E-state index in [1.807, 2.05) is 18.0 Å². The minimum atomic E-state index is -0.373. The maximum atomic E-state index is 13.7. The van der Waals surface area contributed by atoms with Crippen molar-refractivity contribution in [1.82, 2.24) is 10.2 Å². The highest BCUT2D eigenvalue weighted by Gasteiger charge is 2.15. The van der Waals surface area contributed by atoms with E-state index >= 15 is 0 Å². The van der Waals surface area contributed by atoms with Gasteiger partial charge in [-0.3, -0.25) is 9.69 Å². The summed E-state index contributed by atoms with van der Waals surface area (Å²) in [5, 5.41) is 3.16. The molecule has 4 nitrogen and oxygen atoms in total. The molecular formula is C19H29FN2O2. The van der Waals surface area contributed by atoms with Gasteiger partial charge in [0, 0.05) is 12.6 Å². The van der Waals surface area contributed by atoms with Crippen LogP contribution in [0.15, 0.2) is 18.2 Å². The molecule has 0 bridgehead atoms.